The van der Waals surface area contributed by atoms with Gasteiger partial charge in [-0.1, -0.05) is 48.5 Å². The van der Waals surface area contributed by atoms with Crippen molar-refractivity contribution in [1.29, 1.82) is 0 Å². The zero-order valence-electron chi connectivity index (χ0n) is 13.9. The van der Waals surface area contributed by atoms with E-state index in [4.69, 9.17) is 4.74 Å². The summed E-state index contributed by atoms with van der Waals surface area (Å²) >= 11 is 0. The first-order chi connectivity index (χ1) is 12.5. The molecule has 134 valence electrons. The van der Waals surface area contributed by atoms with Crippen molar-refractivity contribution >= 4 is 16.6 Å². The van der Waals surface area contributed by atoms with E-state index >= 15 is 0 Å². The summed E-state index contributed by atoms with van der Waals surface area (Å²) in [5, 5.41) is 0.843. The zero-order chi connectivity index (χ0) is 18.1. The van der Waals surface area contributed by atoms with E-state index in [1.807, 2.05) is 60.7 Å². The molecule has 3 aromatic rings. The highest BCUT2D eigenvalue weighted by atomic mass is 19.4. The van der Waals surface area contributed by atoms with Gasteiger partial charge in [-0.3, -0.25) is 0 Å². The van der Waals surface area contributed by atoms with Gasteiger partial charge >= 0.3 is 6.18 Å². The summed E-state index contributed by atoms with van der Waals surface area (Å²) in [6, 6.07) is 19.0. The monoisotopic (exact) mass is 358 g/mol. The molecule has 1 unspecified atom stereocenters. The van der Waals surface area contributed by atoms with E-state index in [2.05, 4.69) is 4.98 Å². The van der Waals surface area contributed by atoms with Crippen LogP contribution in [0.3, 0.4) is 0 Å². The number of alkyl halides is 3. The van der Waals surface area contributed by atoms with Crippen LogP contribution in [-0.4, -0.2) is 37.0 Å². The topological polar surface area (TPSA) is 25.4 Å². The molecular formula is C20H17F3N2O. The van der Waals surface area contributed by atoms with Crippen LogP contribution in [0.2, 0.25) is 0 Å². The van der Waals surface area contributed by atoms with Gasteiger partial charge in [-0.15, -0.1) is 0 Å². The van der Waals surface area contributed by atoms with Gasteiger partial charge in [0.15, 0.2) is 6.10 Å². The number of fused-ring (bicyclic) bond motifs is 1. The van der Waals surface area contributed by atoms with Crippen molar-refractivity contribution in [2.24, 2.45) is 0 Å². The van der Waals surface area contributed by atoms with Crippen molar-refractivity contribution < 1.29 is 17.9 Å². The maximum Gasteiger partial charge on any atom is 0.416 e. The number of ether oxygens (including phenoxy) is 1. The van der Waals surface area contributed by atoms with Gasteiger partial charge in [0.25, 0.3) is 0 Å². The molecule has 4 rings (SSSR count). The lowest BCUT2D eigenvalue weighted by Gasteiger charge is -2.36. The number of hydrogen-bond donors (Lipinski definition) is 0. The average Bonchev–Trinajstić information content (AvgIpc) is 2.67. The largest absolute Gasteiger partial charge is 0.416 e. The van der Waals surface area contributed by atoms with Crippen molar-refractivity contribution in [3.8, 4) is 11.3 Å². The van der Waals surface area contributed by atoms with Gasteiger partial charge in [0, 0.05) is 23.2 Å². The highest BCUT2D eigenvalue weighted by Gasteiger charge is 2.43. The average molecular weight is 358 g/mol. The predicted octanol–water partition coefficient (Wildman–Crippen LogP) is 4.67. The Bertz CT molecular complexity index is 912. The van der Waals surface area contributed by atoms with Gasteiger partial charge < -0.3 is 9.64 Å². The summed E-state index contributed by atoms with van der Waals surface area (Å²) in [6.07, 6.45) is -6.15. The van der Waals surface area contributed by atoms with Crippen LogP contribution in [0.5, 0.6) is 0 Å². The third kappa shape index (κ3) is 3.24. The molecule has 6 heteroatoms. The van der Waals surface area contributed by atoms with Crippen LogP contribution in [0.1, 0.15) is 0 Å². The lowest BCUT2D eigenvalue weighted by Crippen LogP contribution is -2.49. The SMILES string of the molecule is FC(F)(F)C1CN(c2cc(-c3ccccc3)nc3ccccc23)CCO1. The van der Waals surface area contributed by atoms with E-state index in [-0.39, 0.29) is 13.2 Å². The summed E-state index contributed by atoms with van der Waals surface area (Å²) in [5.41, 5.74) is 3.19. The number of pyridine rings is 1. The molecule has 0 saturated carbocycles. The number of para-hydroxylation sites is 1. The highest BCUT2D eigenvalue weighted by molar-refractivity contribution is 5.94. The van der Waals surface area contributed by atoms with E-state index in [0.29, 0.717) is 6.54 Å². The Hall–Kier alpha value is -2.60. The zero-order valence-corrected chi connectivity index (χ0v) is 13.9. The fourth-order valence-electron chi connectivity index (χ4n) is 3.24. The molecule has 0 spiro atoms. The molecule has 1 aliphatic rings. The smallest absolute Gasteiger partial charge is 0.366 e. The fourth-order valence-corrected chi connectivity index (χ4v) is 3.24. The molecule has 1 aliphatic heterocycles. The van der Waals surface area contributed by atoms with Crippen molar-refractivity contribution in [1.82, 2.24) is 4.98 Å². The number of rotatable bonds is 2. The van der Waals surface area contributed by atoms with Crippen molar-refractivity contribution in [3.63, 3.8) is 0 Å². The molecule has 3 nitrogen and oxygen atoms in total. The van der Waals surface area contributed by atoms with Gasteiger partial charge in [-0.25, -0.2) is 4.98 Å². The lowest BCUT2D eigenvalue weighted by molar-refractivity contribution is -0.221. The van der Waals surface area contributed by atoms with E-state index in [9.17, 15) is 13.2 Å². The number of morpholine rings is 1. The maximum atomic E-state index is 13.1. The summed E-state index contributed by atoms with van der Waals surface area (Å²) < 4.78 is 44.3. The van der Waals surface area contributed by atoms with Gasteiger partial charge in [-0.05, 0) is 12.1 Å². The number of nitrogens with zero attached hydrogens (tertiary/aromatic N) is 2. The van der Waals surface area contributed by atoms with Gasteiger partial charge in [-0.2, -0.15) is 13.2 Å². The molecule has 0 N–H and O–H groups in total. The van der Waals surface area contributed by atoms with Crippen LogP contribution >= 0.6 is 0 Å². The van der Waals surface area contributed by atoms with Crippen molar-refractivity contribution in [2.45, 2.75) is 12.3 Å². The van der Waals surface area contributed by atoms with Crippen LogP contribution in [0.15, 0.2) is 60.7 Å². The number of aromatic nitrogens is 1. The standard InChI is InChI=1S/C20H17F3N2O/c21-20(22,23)19-13-25(10-11-26-19)18-12-17(14-6-2-1-3-7-14)24-16-9-5-4-8-15(16)18/h1-9,12,19H,10-11,13H2. The molecule has 0 aliphatic carbocycles. The second kappa shape index (κ2) is 6.61. The molecule has 1 atom stereocenters. The minimum absolute atomic E-state index is 0.0432. The Morgan fingerprint density at radius 3 is 2.50 bits per heavy atom. The molecule has 2 heterocycles. The molecule has 2 aromatic carbocycles. The minimum atomic E-state index is -4.37. The van der Waals surface area contributed by atoms with Crippen LogP contribution in [0.4, 0.5) is 18.9 Å². The number of hydrogen-bond acceptors (Lipinski definition) is 3. The van der Waals surface area contributed by atoms with E-state index in [1.165, 1.54) is 0 Å². The fraction of sp³-hybridized carbons (Fsp3) is 0.250. The first kappa shape index (κ1) is 16.8. The van der Waals surface area contributed by atoms with Crippen LogP contribution in [-0.2, 0) is 4.74 Å². The van der Waals surface area contributed by atoms with Crippen LogP contribution < -0.4 is 4.90 Å². The minimum Gasteiger partial charge on any atom is -0.366 e. The molecule has 0 amide bonds. The molecule has 1 aromatic heterocycles. The Labute approximate surface area is 149 Å². The van der Waals surface area contributed by atoms with Gasteiger partial charge in [0.1, 0.15) is 0 Å². The summed E-state index contributed by atoms with van der Waals surface area (Å²) in [6.45, 7) is 0.238. The molecule has 1 saturated heterocycles. The molecule has 1 fully saturated rings. The summed E-state index contributed by atoms with van der Waals surface area (Å²) in [7, 11) is 0. The Morgan fingerprint density at radius 2 is 1.73 bits per heavy atom. The Balaban J connectivity index is 1.81. The van der Waals surface area contributed by atoms with Crippen LogP contribution in [0, 0.1) is 0 Å². The number of halogens is 3. The summed E-state index contributed by atoms with van der Waals surface area (Å²) in [5.74, 6) is 0. The second-order valence-corrected chi connectivity index (χ2v) is 6.26. The van der Waals surface area contributed by atoms with E-state index in [0.717, 1.165) is 27.8 Å². The van der Waals surface area contributed by atoms with Gasteiger partial charge in [0.05, 0.1) is 24.4 Å². The number of anilines is 1. The Kier molecular flexibility index (Phi) is 4.28. The molecule has 0 bridgehead atoms. The second-order valence-electron chi connectivity index (χ2n) is 6.26. The summed E-state index contributed by atoms with van der Waals surface area (Å²) in [4.78, 5) is 6.44. The van der Waals surface area contributed by atoms with E-state index < -0.39 is 12.3 Å². The molecule has 26 heavy (non-hydrogen) atoms. The van der Waals surface area contributed by atoms with Crippen LogP contribution in [0.25, 0.3) is 22.2 Å². The predicted molar refractivity (Wildman–Crippen MR) is 95.2 cm³/mol. The normalized spacial score (nSPS) is 18.3. The number of benzene rings is 2. The first-order valence-corrected chi connectivity index (χ1v) is 8.41. The van der Waals surface area contributed by atoms with E-state index in [1.54, 1.807) is 4.90 Å². The molecular weight excluding hydrogens is 341 g/mol. The quantitative estimate of drug-likeness (QED) is 0.666. The third-order valence-electron chi connectivity index (χ3n) is 4.54. The molecule has 0 radical (unpaired) electrons. The maximum absolute atomic E-state index is 13.1. The van der Waals surface area contributed by atoms with Gasteiger partial charge in [0.2, 0.25) is 0 Å². The lowest BCUT2D eigenvalue weighted by atomic mass is 10.1. The highest BCUT2D eigenvalue weighted by Crippen LogP contribution is 2.34. The first-order valence-electron chi connectivity index (χ1n) is 8.41. The van der Waals surface area contributed by atoms with Crippen molar-refractivity contribution in [3.05, 3.63) is 60.7 Å². The Morgan fingerprint density at radius 1 is 1.00 bits per heavy atom. The van der Waals surface area contributed by atoms with Crippen molar-refractivity contribution in [2.75, 3.05) is 24.6 Å². The third-order valence-corrected chi connectivity index (χ3v) is 4.54.